The maximum Gasteiger partial charge on any atom is 0.338 e. The average molecular weight is 300 g/mol. The molecule has 0 spiro atoms. The Labute approximate surface area is 119 Å². The normalized spacial score (nSPS) is 11.4. The van der Waals surface area contributed by atoms with Crippen LogP contribution in [-0.4, -0.2) is 32.3 Å². The standard InChI is InChI=1S/C14H21O5P/c1-5-18-20(16,19-6-2)10-13(15)12-9-11(3)7-8-14(12)17-4/h7-9H,5-6,10H2,1-4H3. The minimum Gasteiger partial charge on any atom is -0.496 e. The zero-order chi connectivity index (χ0) is 15.2. The van der Waals surface area contributed by atoms with Gasteiger partial charge in [-0.3, -0.25) is 9.36 Å². The van der Waals surface area contributed by atoms with Gasteiger partial charge in [0.2, 0.25) is 0 Å². The molecule has 0 N–H and O–H groups in total. The van der Waals surface area contributed by atoms with E-state index >= 15 is 0 Å². The first kappa shape index (κ1) is 16.9. The van der Waals surface area contributed by atoms with Gasteiger partial charge in [-0.25, -0.2) is 0 Å². The van der Waals surface area contributed by atoms with Gasteiger partial charge in [-0.15, -0.1) is 0 Å². The molecule has 0 aliphatic carbocycles. The van der Waals surface area contributed by atoms with Crippen LogP contribution in [0.2, 0.25) is 0 Å². The number of ether oxygens (including phenoxy) is 1. The smallest absolute Gasteiger partial charge is 0.338 e. The van der Waals surface area contributed by atoms with E-state index in [-0.39, 0.29) is 25.2 Å². The molecule has 0 heterocycles. The monoisotopic (exact) mass is 300 g/mol. The van der Waals surface area contributed by atoms with Crippen LogP contribution in [0, 0.1) is 6.92 Å². The van der Waals surface area contributed by atoms with Crippen molar-refractivity contribution in [3.63, 3.8) is 0 Å². The molecule has 0 aliphatic heterocycles. The third-order valence-corrected chi connectivity index (χ3v) is 4.62. The number of methoxy groups -OCH3 is 1. The number of aryl methyl sites for hydroxylation is 1. The van der Waals surface area contributed by atoms with Crippen LogP contribution in [0.5, 0.6) is 5.75 Å². The summed E-state index contributed by atoms with van der Waals surface area (Å²) in [6, 6.07) is 5.28. The fourth-order valence-corrected chi connectivity index (χ4v) is 3.39. The zero-order valence-electron chi connectivity index (χ0n) is 12.3. The maximum atomic E-state index is 12.4. The molecule has 0 aliphatic rings. The van der Waals surface area contributed by atoms with Gasteiger partial charge in [0.05, 0.1) is 25.9 Å². The summed E-state index contributed by atoms with van der Waals surface area (Å²) in [5.41, 5.74) is 1.32. The van der Waals surface area contributed by atoms with E-state index < -0.39 is 7.60 Å². The van der Waals surface area contributed by atoms with Crippen molar-refractivity contribution in [2.75, 3.05) is 26.5 Å². The van der Waals surface area contributed by atoms with Gasteiger partial charge in [0.1, 0.15) is 11.9 Å². The third-order valence-electron chi connectivity index (χ3n) is 2.64. The highest BCUT2D eigenvalue weighted by Gasteiger charge is 2.29. The number of hydrogen-bond acceptors (Lipinski definition) is 5. The second-order valence-electron chi connectivity index (χ2n) is 4.23. The van der Waals surface area contributed by atoms with Gasteiger partial charge in [-0.2, -0.15) is 0 Å². The van der Waals surface area contributed by atoms with E-state index in [2.05, 4.69) is 0 Å². The Balaban J connectivity index is 3.00. The molecule has 0 atom stereocenters. The Bertz CT molecular complexity index is 502. The molecule has 0 radical (unpaired) electrons. The molecular formula is C14H21O5P. The Hall–Kier alpha value is -1.16. The summed E-state index contributed by atoms with van der Waals surface area (Å²) in [6.45, 7) is 5.76. The lowest BCUT2D eigenvalue weighted by atomic mass is 10.1. The number of rotatable bonds is 8. The molecule has 0 bridgehead atoms. The van der Waals surface area contributed by atoms with Crippen LogP contribution in [0.25, 0.3) is 0 Å². The maximum absolute atomic E-state index is 12.4. The molecule has 5 nitrogen and oxygen atoms in total. The number of hydrogen-bond donors (Lipinski definition) is 0. The second-order valence-corrected chi connectivity index (χ2v) is 6.29. The zero-order valence-corrected chi connectivity index (χ0v) is 13.2. The number of carbonyl (C=O) groups excluding carboxylic acids is 1. The molecule has 0 saturated carbocycles. The van der Waals surface area contributed by atoms with Gasteiger partial charge >= 0.3 is 7.60 Å². The lowest BCUT2D eigenvalue weighted by molar-refractivity contribution is 0.100. The fraction of sp³-hybridized carbons (Fsp3) is 0.500. The van der Waals surface area contributed by atoms with Crippen molar-refractivity contribution in [1.82, 2.24) is 0 Å². The summed E-state index contributed by atoms with van der Waals surface area (Å²) in [7, 11) is -1.90. The van der Waals surface area contributed by atoms with Gasteiger partial charge < -0.3 is 13.8 Å². The van der Waals surface area contributed by atoms with Crippen LogP contribution in [0.1, 0.15) is 29.8 Å². The van der Waals surface area contributed by atoms with Crippen LogP contribution in [0.3, 0.4) is 0 Å². The van der Waals surface area contributed by atoms with Crippen molar-refractivity contribution in [2.45, 2.75) is 20.8 Å². The van der Waals surface area contributed by atoms with E-state index in [1.807, 2.05) is 13.0 Å². The second kappa shape index (κ2) is 7.58. The number of Topliss-reactive ketones (excluding diaryl/α,β-unsaturated/α-hetero) is 1. The number of ketones is 1. The summed E-state index contributed by atoms with van der Waals surface area (Å²) in [5.74, 6) is 0.149. The van der Waals surface area contributed by atoms with E-state index in [0.29, 0.717) is 11.3 Å². The first-order valence-electron chi connectivity index (χ1n) is 6.51. The van der Waals surface area contributed by atoms with Crippen molar-refractivity contribution in [3.05, 3.63) is 29.3 Å². The van der Waals surface area contributed by atoms with Crippen molar-refractivity contribution < 1.29 is 23.1 Å². The molecule has 0 aromatic heterocycles. The van der Waals surface area contributed by atoms with E-state index in [1.54, 1.807) is 26.0 Å². The minimum atomic E-state index is -3.39. The van der Waals surface area contributed by atoms with Crippen LogP contribution in [0.15, 0.2) is 18.2 Å². The highest BCUT2D eigenvalue weighted by Crippen LogP contribution is 2.48. The first-order valence-corrected chi connectivity index (χ1v) is 8.24. The number of carbonyl (C=O) groups is 1. The van der Waals surface area contributed by atoms with Crippen molar-refractivity contribution >= 4 is 13.4 Å². The number of benzene rings is 1. The van der Waals surface area contributed by atoms with Crippen LogP contribution >= 0.6 is 7.60 Å². The summed E-state index contributed by atoms with van der Waals surface area (Å²) in [6.07, 6.45) is -0.283. The highest BCUT2D eigenvalue weighted by molar-refractivity contribution is 7.54. The molecular weight excluding hydrogens is 279 g/mol. The summed E-state index contributed by atoms with van der Waals surface area (Å²) in [5, 5.41) is 0. The quantitative estimate of drug-likeness (QED) is 0.543. The molecule has 112 valence electrons. The lowest BCUT2D eigenvalue weighted by Crippen LogP contribution is -2.11. The molecule has 0 saturated heterocycles. The fourth-order valence-electron chi connectivity index (χ4n) is 1.82. The molecule has 1 aromatic carbocycles. The van der Waals surface area contributed by atoms with Crippen LogP contribution in [-0.2, 0) is 13.6 Å². The third kappa shape index (κ3) is 4.44. The molecule has 0 fully saturated rings. The molecule has 6 heteroatoms. The van der Waals surface area contributed by atoms with Gasteiger partial charge in [0, 0.05) is 0 Å². The van der Waals surface area contributed by atoms with Crippen LogP contribution in [0.4, 0.5) is 0 Å². The predicted molar refractivity (Wildman–Crippen MR) is 77.8 cm³/mol. The Morgan fingerprint density at radius 2 is 1.80 bits per heavy atom. The van der Waals surface area contributed by atoms with Crippen molar-refractivity contribution in [1.29, 1.82) is 0 Å². The van der Waals surface area contributed by atoms with E-state index in [1.165, 1.54) is 7.11 Å². The summed E-state index contributed by atoms with van der Waals surface area (Å²) >= 11 is 0. The molecule has 1 aromatic rings. The Morgan fingerprint density at radius 3 is 2.30 bits per heavy atom. The molecule has 0 unspecified atom stereocenters. The summed E-state index contributed by atoms with van der Waals surface area (Å²) in [4.78, 5) is 12.3. The van der Waals surface area contributed by atoms with Gasteiger partial charge in [0.25, 0.3) is 0 Å². The molecule has 1 rings (SSSR count). The van der Waals surface area contributed by atoms with E-state index in [0.717, 1.165) is 5.56 Å². The van der Waals surface area contributed by atoms with Gasteiger partial charge in [-0.05, 0) is 32.9 Å². The lowest BCUT2D eigenvalue weighted by Gasteiger charge is -2.17. The molecule has 20 heavy (non-hydrogen) atoms. The Kier molecular flexibility index (Phi) is 6.40. The highest BCUT2D eigenvalue weighted by atomic mass is 31.2. The van der Waals surface area contributed by atoms with E-state index in [4.69, 9.17) is 13.8 Å². The summed E-state index contributed by atoms with van der Waals surface area (Å²) < 4.78 is 27.8. The largest absolute Gasteiger partial charge is 0.496 e. The van der Waals surface area contributed by atoms with Gasteiger partial charge in [-0.1, -0.05) is 11.6 Å². The van der Waals surface area contributed by atoms with Gasteiger partial charge in [0.15, 0.2) is 5.78 Å². The molecule has 0 amide bonds. The van der Waals surface area contributed by atoms with Crippen molar-refractivity contribution in [3.8, 4) is 5.75 Å². The first-order chi connectivity index (χ1) is 9.45. The predicted octanol–water partition coefficient (Wildman–Crippen LogP) is 3.45. The Morgan fingerprint density at radius 1 is 1.20 bits per heavy atom. The van der Waals surface area contributed by atoms with Crippen molar-refractivity contribution in [2.24, 2.45) is 0 Å². The average Bonchev–Trinajstić information content (AvgIpc) is 2.38. The van der Waals surface area contributed by atoms with E-state index in [9.17, 15) is 9.36 Å². The topological polar surface area (TPSA) is 61.8 Å². The van der Waals surface area contributed by atoms with Crippen LogP contribution < -0.4 is 4.74 Å². The minimum absolute atomic E-state index is 0.232. The SMILES string of the molecule is CCOP(=O)(CC(=O)c1cc(C)ccc1OC)OCC.